The van der Waals surface area contributed by atoms with Crippen LogP contribution in [0.2, 0.25) is 0 Å². The number of aryl methyl sites for hydroxylation is 2. The molecule has 0 saturated carbocycles. The Morgan fingerprint density at radius 2 is 1.89 bits per heavy atom. The SMILES string of the molecule is Cc1ccc(C)c(OCCSc2ccccc2O)c1. The van der Waals surface area contributed by atoms with Crippen LogP contribution in [0, 0.1) is 13.8 Å². The van der Waals surface area contributed by atoms with Crippen LogP contribution in [0.3, 0.4) is 0 Å². The van der Waals surface area contributed by atoms with Gasteiger partial charge in [-0.1, -0.05) is 24.3 Å². The van der Waals surface area contributed by atoms with E-state index in [1.54, 1.807) is 17.8 Å². The van der Waals surface area contributed by atoms with Gasteiger partial charge in [0.25, 0.3) is 0 Å². The minimum absolute atomic E-state index is 0.333. The van der Waals surface area contributed by atoms with Crippen LogP contribution in [0.25, 0.3) is 0 Å². The van der Waals surface area contributed by atoms with Crippen molar-refractivity contribution in [1.29, 1.82) is 0 Å². The highest BCUT2D eigenvalue weighted by Gasteiger charge is 2.02. The summed E-state index contributed by atoms with van der Waals surface area (Å²) < 4.78 is 5.78. The summed E-state index contributed by atoms with van der Waals surface area (Å²) in [7, 11) is 0. The maximum absolute atomic E-state index is 9.65. The van der Waals surface area contributed by atoms with Crippen LogP contribution >= 0.6 is 11.8 Å². The highest BCUT2D eigenvalue weighted by Crippen LogP contribution is 2.27. The van der Waals surface area contributed by atoms with E-state index in [2.05, 4.69) is 25.1 Å². The predicted octanol–water partition coefficient (Wildman–Crippen LogP) is 4.18. The van der Waals surface area contributed by atoms with E-state index in [0.29, 0.717) is 12.4 Å². The maximum atomic E-state index is 9.65. The van der Waals surface area contributed by atoms with Crippen molar-refractivity contribution < 1.29 is 9.84 Å². The van der Waals surface area contributed by atoms with Gasteiger partial charge in [-0.15, -0.1) is 11.8 Å². The molecule has 0 aliphatic carbocycles. The number of benzene rings is 2. The van der Waals surface area contributed by atoms with Crippen molar-refractivity contribution in [3.8, 4) is 11.5 Å². The summed E-state index contributed by atoms with van der Waals surface area (Å²) in [6.45, 7) is 4.73. The molecule has 0 aliphatic rings. The molecule has 0 bridgehead atoms. The van der Waals surface area contributed by atoms with Crippen LogP contribution in [-0.4, -0.2) is 17.5 Å². The molecule has 0 spiro atoms. The Morgan fingerprint density at radius 1 is 1.11 bits per heavy atom. The first-order valence-electron chi connectivity index (χ1n) is 6.27. The van der Waals surface area contributed by atoms with Crippen LogP contribution in [0.5, 0.6) is 11.5 Å². The van der Waals surface area contributed by atoms with Crippen molar-refractivity contribution in [3.05, 3.63) is 53.6 Å². The van der Waals surface area contributed by atoms with E-state index in [9.17, 15) is 5.11 Å². The van der Waals surface area contributed by atoms with Gasteiger partial charge in [-0.25, -0.2) is 0 Å². The van der Waals surface area contributed by atoms with E-state index < -0.39 is 0 Å². The average molecular weight is 274 g/mol. The Morgan fingerprint density at radius 3 is 2.68 bits per heavy atom. The summed E-state index contributed by atoms with van der Waals surface area (Å²) in [6, 6.07) is 13.6. The molecular weight excluding hydrogens is 256 g/mol. The first-order valence-corrected chi connectivity index (χ1v) is 7.26. The summed E-state index contributed by atoms with van der Waals surface area (Å²) >= 11 is 1.60. The molecule has 0 aliphatic heterocycles. The van der Waals surface area contributed by atoms with E-state index in [-0.39, 0.29) is 0 Å². The predicted molar refractivity (Wildman–Crippen MR) is 80.2 cm³/mol. The van der Waals surface area contributed by atoms with Crippen LogP contribution in [0.15, 0.2) is 47.4 Å². The highest BCUT2D eigenvalue weighted by molar-refractivity contribution is 7.99. The van der Waals surface area contributed by atoms with Gasteiger partial charge in [-0.05, 0) is 43.2 Å². The van der Waals surface area contributed by atoms with E-state index in [0.717, 1.165) is 22.0 Å². The molecule has 2 aromatic carbocycles. The van der Waals surface area contributed by atoms with Crippen molar-refractivity contribution in [1.82, 2.24) is 0 Å². The highest BCUT2D eigenvalue weighted by atomic mass is 32.2. The standard InChI is InChI=1S/C16H18O2S/c1-12-7-8-13(2)15(11-12)18-9-10-19-16-6-4-3-5-14(16)17/h3-8,11,17H,9-10H2,1-2H3. The van der Waals surface area contributed by atoms with Crippen LogP contribution in [0.1, 0.15) is 11.1 Å². The lowest BCUT2D eigenvalue weighted by atomic mass is 10.1. The summed E-state index contributed by atoms with van der Waals surface area (Å²) in [5, 5.41) is 9.65. The van der Waals surface area contributed by atoms with Gasteiger partial charge in [0.1, 0.15) is 11.5 Å². The van der Waals surface area contributed by atoms with Crippen LogP contribution in [-0.2, 0) is 0 Å². The van der Waals surface area contributed by atoms with Crippen molar-refractivity contribution >= 4 is 11.8 Å². The summed E-state index contributed by atoms with van der Waals surface area (Å²) in [4.78, 5) is 0.895. The molecule has 0 heterocycles. The number of hydrogen-bond donors (Lipinski definition) is 1. The Balaban J connectivity index is 1.84. The zero-order chi connectivity index (χ0) is 13.7. The van der Waals surface area contributed by atoms with E-state index >= 15 is 0 Å². The summed E-state index contributed by atoms with van der Waals surface area (Å²) in [5.74, 6) is 2.09. The van der Waals surface area contributed by atoms with E-state index in [1.165, 1.54) is 5.56 Å². The second kappa shape index (κ2) is 6.53. The van der Waals surface area contributed by atoms with E-state index in [4.69, 9.17) is 4.74 Å². The molecule has 0 saturated heterocycles. The third-order valence-electron chi connectivity index (χ3n) is 2.81. The molecule has 0 aromatic heterocycles. The number of para-hydroxylation sites is 1. The first-order chi connectivity index (χ1) is 9.16. The third kappa shape index (κ3) is 3.93. The molecule has 0 atom stereocenters. The first kappa shape index (κ1) is 13.8. The fraction of sp³-hybridized carbons (Fsp3) is 0.250. The normalized spacial score (nSPS) is 10.4. The second-order valence-electron chi connectivity index (χ2n) is 4.43. The van der Waals surface area contributed by atoms with Gasteiger partial charge < -0.3 is 9.84 Å². The van der Waals surface area contributed by atoms with Gasteiger partial charge in [0.15, 0.2) is 0 Å². The lowest BCUT2D eigenvalue weighted by Gasteiger charge is -2.10. The van der Waals surface area contributed by atoms with Gasteiger partial charge in [0, 0.05) is 10.6 Å². The third-order valence-corrected chi connectivity index (χ3v) is 3.83. The molecule has 0 fully saturated rings. The molecule has 100 valence electrons. The Bertz CT molecular complexity index is 552. The number of phenolic OH excluding ortho intramolecular Hbond substituents is 1. The lowest BCUT2D eigenvalue weighted by molar-refractivity contribution is 0.341. The largest absolute Gasteiger partial charge is 0.507 e. The Labute approximate surface area is 118 Å². The number of aromatic hydroxyl groups is 1. The van der Waals surface area contributed by atoms with Gasteiger partial charge in [0.05, 0.1) is 6.61 Å². The molecular formula is C16H18O2S. The van der Waals surface area contributed by atoms with Crippen molar-refractivity contribution in [2.24, 2.45) is 0 Å². The summed E-state index contributed by atoms with van der Waals surface area (Å²) in [5.41, 5.74) is 2.35. The fourth-order valence-corrected chi connectivity index (χ4v) is 2.52. The molecule has 19 heavy (non-hydrogen) atoms. The molecule has 2 aromatic rings. The van der Waals surface area contributed by atoms with Crippen LogP contribution in [0.4, 0.5) is 0 Å². The molecule has 0 amide bonds. The minimum atomic E-state index is 0.333. The Hall–Kier alpha value is -1.61. The number of phenols is 1. The molecule has 0 unspecified atom stereocenters. The maximum Gasteiger partial charge on any atom is 0.129 e. The minimum Gasteiger partial charge on any atom is -0.507 e. The van der Waals surface area contributed by atoms with Crippen molar-refractivity contribution in [2.45, 2.75) is 18.7 Å². The van der Waals surface area contributed by atoms with Crippen LogP contribution < -0.4 is 4.74 Å². The lowest BCUT2D eigenvalue weighted by Crippen LogP contribution is -2.01. The molecule has 1 N–H and O–H groups in total. The molecule has 2 nitrogen and oxygen atoms in total. The van der Waals surface area contributed by atoms with E-state index in [1.807, 2.05) is 25.1 Å². The molecule has 3 heteroatoms. The Kier molecular flexibility index (Phi) is 4.74. The smallest absolute Gasteiger partial charge is 0.129 e. The van der Waals surface area contributed by atoms with Gasteiger partial charge in [-0.2, -0.15) is 0 Å². The van der Waals surface area contributed by atoms with Gasteiger partial charge >= 0.3 is 0 Å². The summed E-state index contributed by atoms with van der Waals surface area (Å²) in [6.07, 6.45) is 0. The van der Waals surface area contributed by atoms with Gasteiger partial charge in [0.2, 0.25) is 0 Å². The van der Waals surface area contributed by atoms with Crippen molar-refractivity contribution in [3.63, 3.8) is 0 Å². The number of ether oxygens (including phenoxy) is 1. The average Bonchev–Trinajstić information content (AvgIpc) is 2.40. The zero-order valence-corrected chi connectivity index (χ0v) is 12.0. The number of hydrogen-bond acceptors (Lipinski definition) is 3. The van der Waals surface area contributed by atoms with Crippen molar-refractivity contribution in [2.75, 3.05) is 12.4 Å². The zero-order valence-electron chi connectivity index (χ0n) is 11.2. The molecule has 2 rings (SSSR count). The van der Waals surface area contributed by atoms with Gasteiger partial charge in [-0.3, -0.25) is 0 Å². The second-order valence-corrected chi connectivity index (χ2v) is 5.57. The fourth-order valence-electron chi connectivity index (χ4n) is 1.75. The molecule has 0 radical (unpaired) electrons. The number of thioether (sulfide) groups is 1. The quantitative estimate of drug-likeness (QED) is 0.655. The topological polar surface area (TPSA) is 29.5 Å². The number of rotatable bonds is 5. The monoisotopic (exact) mass is 274 g/mol.